The molecule has 2 aromatic carbocycles. The summed E-state index contributed by atoms with van der Waals surface area (Å²) in [4.78, 5) is 16.9. The van der Waals surface area contributed by atoms with Crippen LogP contribution in [0.15, 0.2) is 47.5 Å². The van der Waals surface area contributed by atoms with Crippen molar-refractivity contribution in [2.75, 3.05) is 6.54 Å². The van der Waals surface area contributed by atoms with Crippen molar-refractivity contribution in [2.24, 2.45) is 4.99 Å². The van der Waals surface area contributed by atoms with Crippen molar-refractivity contribution in [2.45, 2.75) is 53.2 Å². The van der Waals surface area contributed by atoms with Gasteiger partial charge in [0.25, 0.3) is 5.91 Å². The highest BCUT2D eigenvalue weighted by molar-refractivity contribution is 14.0. The lowest BCUT2D eigenvalue weighted by atomic mass is 10.1. The van der Waals surface area contributed by atoms with Crippen molar-refractivity contribution < 1.29 is 9.18 Å². The Morgan fingerprint density at radius 3 is 2.43 bits per heavy atom. The van der Waals surface area contributed by atoms with Crippen LogP contribution < -0.4 is 16.0 Å². The number of benzene rings is 2. The predicted molar refractivity (Wildman–Crippen MR) is 132 cm³/mol. The van der Waals surface area contributed by atoms with Crippen LogP contribution in [0.5, 0.6) is 0 Å². The van der Waals surface area contributed by atoms with Gasteiger partial charge in [-0.1, -0.05) is 24.3 Å². The number of hydrogen-bond acceptors (Lipinski definition) is 2. The first-order chi connectivity index (χ1) is 13.7. The zero-order valence-electron chi connectivity index (χ0n) is 18.3. The van der Waals surface area contributed by atoms with Crippen LogP contribution in [0.3, 0.4) is 0 Å². The monoisotopic (exact) mass is 526 g/mol. The average Bonchev–Trinajstić information content (AvgIpc) is 2.65. The SMILES string of the molecule is CCNC(=NCc1cccc(C(=O)NC(C)(C)C)c1)NCc1ccc(C)c(F)c1.I. The van der Waals surface area contributed by atoms with Gasteiger partial charge in [-0.25, -0.2) is 9.38 Å². The van der Waals surface area contributed by atoms with Gasteiger partial charge in [-0.05, 0) is 69.5 Å². The van der Waals surface area contributed by atoms with Crippen molar-refractivity contribution in [3.8, 4) is 0 Å². The summed E-state index contributed by atoms with van der Waals surface area (Å²) in [6.45, 7) is 11.2. The fraction of sp³-hybridized carbons (Fsp3) is 0.391. The lowest BCUT2D eigenvalue weighted by Gasteiger charge is -2.20. The second-order valence-corrected chi connectivity index (χ2v) is 8.04. The zero-order chi connectivity index (χ0) is 21.4. The zero-order valence-corrected chi connectivity index (χ0v) is 20.6. The lowest BCUT2D eigenvalue weighted by Crippen LogP contribution is -2.40. The first kappa shape index (κ1) is 25.9. The van der Waals surface area contributed by atoms with Gasteiger partial charge in [-0.3, -0.25) is 4.79 Å². The highest BCUT2D eigenvalue weighted by Gasteiger charge is 2.15. The van der Waals surface area contributed by atoms with Crippen LogP contribution in [0.2, 0.25) is 0 Å². The topological polar surface area (TPSA) is 65.5 Å². The Balaban J connectivity index is 0.00000450. The third-order valence-electron chi connectivity index (χ3n) is 4.14. The summed E-state index contributed by atoms with van der Waals surface area (Å²) in [7, 11) is 0. The molecule has 1 amide bonds. The first-order valence-electron chi connectivity index (χ1n) is 9.86. The molecule has 0 aromatic heterocycles. The van der Waals surface area contributed by atoms with E-state index in [0.717, 1.165) is 11.1 Å². The van der Waals surface area contributed by atoms with E-state index in [1.165, 1.54) is 6.07 Å². The Labute approximate surface area is 196 Å². The largest absolute Gasteiger partial charge is 0.357 e. The van der Waals surface area contributed by atoms with E-state index in [4.69, 9.17) is 0 Å². The van der Waals surface area contributed by atoms with Crippen LogP contribution in [0, 0.1) is 12.7 Å². The van der Waals surface area contributed by atoms with Crippen molar-refractivity contribution in [3.63, 3.8) is 0 Å². The summed E-state index contributed by atoms with van der Waals surface area (Å²) >= 11 is 0. The Morgan fingerprint density at radius 1 is 1.07 bits per heavy atom. The number of rotatable bonds is 6. The molecule has 0 radical (unpaired) electrons. The molecular formula is C23H32FIN4O. The maximum Gasteiger partial charge on any atom is 0.251 e. The Hall–Kier alpha value is -2.16. The second kappa shape index (κ2) is 11.9. The molecule has 30 heavy (non-hydrogen) atoms. The number of carbonyl (C=O) groups is 1. The van der Waals surface area contributed by atoms with Crippen molar-refractivity contribution in [1.29, 1.82) is 0 Å². The highest BCUT2D eigenvalue weighted by atomic mass is 127. The molecule has 0 aliphatic rings. The van der Waals surface area contributed by atoms with Crippen LogP contribution in [-0.2, 0) is 13.1 Å². The molecular weight excluding hydrogens is 494 g/mol. The Morgan fingerprint density at radius 2 is 1.80 bits per heavy atom. The quantitative estimate of drug-likeness (QED) is 0.294. The number of aryl methyl sites for hydroxylation is 1. The minimum absolute atomic E-state index is 0. The number of hydrogen-bond donors (Lipinski definition) is 3. The number of guanidine groups is 1. The van der Waals surface area contributed by atoms with Gasteiger partial charge in [0.15, 0.2) is 5.96 Å². The van der Waals surface area contributed by atoms with Gasteiger partial charge in [0.1, 0.15) is 5.82 Å². The number of amides is 1. The lowest BCUT2D eigenvalue weighted by molar-refractivity contribution is 0.0919. The molecule has 5 nitrogen and oxygen atoms in total. The number of aliphatic imine (C=N–C) groups is 1. The summed E-state index contributed by atoms with van der Waals surface area (Å²) in [5.41, 5.74) is 2.73. The van der Waals surface area contributed by atoms with Gasteiger partial charge in [-0.2, -0.15) is 0 Å². The fourth-order valence-corrected chi connectivity index (χ4v) is 2.67. The minimum atomic E-state index is -0.289. The maximum absolute atomic E-state index is 13.7. The summed E-state index contributed by atoms with van der Waals surface area (Å²) in [5, 5.41) is 9.36. The smallest absolute Gasteiger partial charge is 0.251 e. The molecule has 164 valence electrons. The van der Waals surface area contributed by atoms with E-state index >= 15 is 0 Å². The van der Waals surface area contributed by atoms with E-state index in [-0.39, 0.29) is 41.2 Å². The summed E-state index contributed by atoms with van der Waals surface area (Å²) in [6.07, 6.45) is 0. The molecule has 2 rings (SSSR count). The molecule has 0 bridgehead atoms. The number of nitrogens with zero attached hydrogens (tertiary/aromatic N) is 1. The summed E-state index contributed by atoms with van der Waals surface area (Å²) in [6, 6.07) is 12.6. The third kappa shape index (κ3) is 8.69. The molecule has 2 aromatic rings. The van der Waals surface area contributed by atoms with Gasteiger partial charge in [-0.15, -0.1) is 24.0 Å². The number of nitrogens with one attached hydrogen (secondary N) is 3. The molecule has 0 heterocycles. The fourth-order valence-electron chi connectivity index (χ4n) is 2.67. The van der Waals surface area contributed by atoms with Crippen LogP contribution in [0.25, 0.3) is 0 Å². The Kier molecular flexibility index (Phi) is 10.2. The van der Waals surface area contributed by atoms with Crippen LogP contribution in [0.1, 0.15) is 54.7 Å². The van der Waals surface area contributed by atoms with E-state index in [0.29, 0.717) is 36.7 Å². The second-order valence-electron chi connectivity index (χ2n) is 8.04. The van der Waals surface area contributed by atoms with Crippen molar-refractivity contribution in [1.82, 2.24) is 16.0 Å². The number of carbonyl (C=O) groups excluding carboxylic acids is 1. The first-order valence-corrected chi connectivity index (χ1v) is 9.86. The molecule has 0 unspecified atom stereocenters. The average molecular weight is 526 g/mol. The van der Waals surface area contributed by atoms with Crippen LogP contribution in [-0.4, -0.2) is 24.0 Å². The van der Waals surface area contributed by atoms with Gasteiger partial charge in [0, 0.05) is 24.2 Å². The predicted octanol–water partition coefficient (Wildman–Crippen LogP) is 4.54. The number of halogens is 2. The third-order valence-corrected chi connectivity index (χ3v) is 4.14. The highest BCUT2D eigenvalue weighted by Crippen LogP contribution is 2.10. The molecule has 3 N–H and O–H groups in total. The molecule has 7 heteroatoms. The van der Waals surface area contributed by atoms with E-state index in [9.17, 15) is 9.18 Å². The minimum Gasteiger partial charge on any atom is -0.357 e. The molecule has 0 saturated carbocycles. The van der Waals surface area contributed by atoms with Crippen molar-refractivity contribution >= 4 is 35.8 Å². The molecule has 0 aliphatic heterocycles. The van der Waals surface area contributed by atoms with E-state index in [1.807, 2.05) is 52.0 Å². The standard InChI is InChI=1S/C23H31FN4O.HI/c1-6-25-22(27-15-18-11-10-16(2)20(24)13-18)26-14-17-8-7-9-19(12-17)21(29)28-23(3,4)5;/h7-13H,6,14-15H2,1-5H3,(H,28,29)(H2,25,26,27);1H. The molecule has 0 spiro atoms. The van der Waals surface area contributed by atoms with E-state index in [2.05, 4.69) is 20.9 Å². The molecule has 0 saturated heterocycles. The van der Waals surface area contributed by atoms with Gasteiger partial charge >= 0.3 is 0 Å². The van der Waals surface area contributed by atoms with E-state index in [1.54, 1.807) is 19.1 Å². The molecule has 0 aliphatic carbocycles. The van der Waals surface area contributed by atoms with Crippen LogP contribution in [0.4, 0.5) is 4.39 Å². The van der Waals surface area contributed by atoms with Crippen LogP contribution >= 0.6 is 24.0 Å². The van der Waals surface area contributed by atoms with Gasteiger partial charge in [0.05, 0.1) is 6.54 Å². The maximum atomic E-state index is 13.7. The normalized spacial score (nSPS) is 11.5. The van der Waals surface area contributed by atoms with E-state index < -0.39 is 0 Å². The van der Waals surface area contributed by atoms with Crippen molar-refractivity contribution in [3.05, 3.63) is 70.5 Å². The summed E-state index contributed by atoms with van der Waals surface area (Å²) in [5.74, 6) is 0.323. The van der Waals surface area contributed by atoms with Gasteiger partial charge in [0.2, 0.25) is 0 Å². The molecule has 0 atom stereocenters. The summed E-state index contributed by atoms with van der Waals surface area (Å²) < 4.78 is 13.7. The Bertz CT molecular complexity index is 878. The van der Waals surface area contributed by atoms with Gasteiger partial charge < -0.3 is 16.0 Å². The molecule has 0 fully saturated rings.